The molecule has 3 nitrogen and oxygen atoms in total. The average molecular weight is 399 g/mol. The second kappa shape index (κ2) is 8.94. The summed E-state index contributed by atoms with van der Waals surface area (Å²) in [6, 6.07) is 19.4. The second-order valence-electron chi connectivity index (χ2n) is 6.26. The van der Waals surface area contributed by atoms with Crippen LogP contribution in [0.25, 0.3) is 0 Å². The molecule has 1 N–H and O–H groups in total. The molecule has 0 saturated heterocycles. The van der Waals surface area contributed by atoms with Crippen LogP contribution < -0.4 is 10.2 Å². The number of anilines is 1. The van der Waals surface area contributed by atoms with Crippen molar-refractivity contribution >= 4 is 35.1 Å². The van der Waals surface area contributed by atoms with Gasteiger partial charge in [0.05, 0.1) is 21.9 Å². The first-order valence-corrected chi connectivity index (χ1v) is 9.30. The molecule has 27 heavy (non-hydrogen) atoms. The minimum Gasteiger partial charge on any atom is -0.488 e. The van der Waals surface area contributed by atoms with Gasteiger partial charge in [-0.15, -0.1) is 0 Å². The van der Waals surface area contributed by atoms with Crippen molar-refractivity contribution in [3.8, 4) is 5.75 Å². The lowest BCUT2D eigenvalue weighted by molar-refractivity contribution is 0.302. The summed E-state index contributed by atoms with van der Waals surface area (Å²) in [6.45, 7) is 4.49. The van der Waals surface area contributed by atoms with Crippen LogP contribution in [-0.4, -0.2) is 6.21 Å². The zero-order valence-corrected chi connectivity index (χ0v) is 16.7. The van der Waals surface area contributed by atoms with Crippen LogP contribution in [0.3, 0.4) is 0 Å². The van der Waals surface area contributed by atoms with Crippen LogP contribution in [0.4, 0.5) is 5.69 Å². The normalized spacial score (nSPS) is 11.0. The quantitative estimate of drug-likeness (QED) is 0.373. The molecule has 0 aliphatic heterocycles. The maximum absolute atomic E-state index is 6.06. The third-order valence-corrected chi connectivity index (χ3v) is 4.77. The fourth-order valence-corrected chi connectivity index (χ4v) is 3.09. The lowest BCUT2D eigenvalue weighted by atomic mass is 10.1. The molecule has 0 radical (unpaired) electrons. The molecule has 0 fully saturated rings. The summed E-state index contributed by atoms with van der Waals surface area (Å²) in [4.78, 5) is 0. The number of ether oxygens (including phenoxy) is 1. The molecule has 0 heterocycles. The lowest BCUT2D eigenvalue weighted by Crippen LogP contribution is -2.00. The van der Waals surface area contributed by atoms with Gasteiger partial charge in [-0.25, -0.2) is 0 Å². The maximum atomic E-state index is 6.06. The van der Waals surface area contributed by atoms with Crippen LogP contribution >= 0.6 is 23.2 Å². The summed E-state index contributed by atoms with van der Waals surface area (Å²) in [5, 5.41) is 5.37. The summed E-state index contributed by atoms with van der Waals surface area (Å²) in [5.41, 5.74) is 8.05. The first kappa shape index (κ1) is 19.3. The Morgan fingerprint density at radius 1 is 0.926 bits per heavy atom. The van der Waals surface area contributed by atoms with Crippen molar-refractivity contribution < 1.29 is 4.74 Å². The molecule has 0 amide bonds. The van der Waals surface area contributed by atoms with Crippen molar-refractivity contribution in [2.75, 3.05) is 5.43 Å². The minimum absolute atomic E-state index is 0.432. The fraction of sp³-hybridized carbons (Fsp3) is 0.136. The number of benzene rings is 3. The standard InChI is InChI=1S/C22H20Cl2N2O/c1-15-10-18(13-25-26-19-6-4-3-5-7-19)11-16(2)22(15)27-14-17-8-9-20(23)21(24)12-17/h3-13,26H,14H2,1-2H3/b25-13+. The Bertz CT molecular complexity index is 933. The summed E-state index contributed by atoms with van der Waals surface area (Å²) in [6.07, 6.45) is 1.80. The summed E-state index contributed by atoms with van der Waals surface area (Å²) in [7, 11) is 0. The van der Waals surface area contributed by atoms with E-state index in [1.807, 2.05) is 68.4 Å². The maximum Gasteiger partial charge on any atom is 0.125 e. The van der Waals surface area contributed by atoms with E-state index in [0.29, 0.717) is 16.7 Å². The minimum atomic E-state index is 0.432. The Morgan fingerprint density at radius 3 is 2.30 bits per heavy atom. The van der Waals surface area contributed by atoms with Gasteiger partial charge in [0.2, 0.25) is 0 Å². The van der Waals surface area contributed by atoms with Gasteiger partial charge in [0.1, 0.15) is 12.4 Å². The van der Waals surface area contributed by atoms with Crippen LogP contribution in [0.1, 0.15) is 22.3 Å². The monoisotopic (exact) mass is 398 g/mol. The predicted octanol–water partition coefficient (Wildman–Crippen LogP) is 6.64. The Kier molecular flexibility index (Phi) is 6.38. The van der Waals surface area contributed by atoms with Gasteiger partial charge in [-0.2, -0.15) is 5.10 Å². The molecule has 138 valence electrons. The van der Waals surface area contributed by atoms with E-state index in [9.17, 15) is 0 Å². The van der Waals surface area contributed by atoms with Crippen molar-refractivity contribution in [2.45, 2.75) is 20.5 Å². The van der Waals surface area contributed by atoms with E-state index >= 15 is 0 Å². The highest BCUT2D eigenvalue weighted by molar-refractivity contribution is 6.42. The van der Waals surface area contributed by atoms with Crippen molar-refractivity contribution in [2.24, 2.45) is 5.10 Å². The fourth-order valence-electron chi connectivity index (χ4n) is 2.76. The number of nitrogens with one attached hydrogen (secondary N) is 1. The molecule has 0 spiro atoms. The molecule has 0 unspecified atom stereocenters. The van der Waals surface area contributed by atoms with Gasteiger partial charge in [-0.05, 0) is 72.5 Å². The number of halogens is 2. The van der Waals surface area contributed by atoms with Gasteiger partial charge in [-0.3, -0.25) is 5.43 Å². The number of rotatable bonds is 6. The highest BCUT2D eigenvalue weighted by atomic mass is 35.5. The Morgan fingerprint density at radius 2 is 1.63 bits per heavy atom. The summed E-state index contributed by atoms with van der Waals surface area (Å²) < 4.78 is 6.02. The third kappa shape index (κ3) is 5.25. The molecule has 0 atom stereocenters. The zero-order chi connectivity index (χ0) is 19.2. The molecule has 3 rings (SSSR count). The van der Waals surface area contributed by atoms with Crippen LogP contribution in [-0.2, 0) is 6.61 Å². The highest BCUT2D eigenvalue weighted by Crippen LogP contribution is 2.27. The Hall–Kier alpha value is -2.49. The molecular weight excluding hydrogens is 379 g/mol. The molecule has 0 aliphatic rings. The van der Waals surface area contributed by atoms with Crippen LogP contribution in [0.5, 0.6) is 5.75 Å². The molecular formula is C22H20Cl2N2O. The van der Waals surface area contributed by atoms with Crippen molar-refractivity contribution in [3.05, 3.63) is 93.0 Å². The van der Waals surface area contributed by atoms with Crippen molar-refractivity contribution in [1.82, 2.24) is 0 Å². The predicted molar refractivity (Wildman–Crippen MR) is 114 cm³/mol. The summed E-state index contributed by atoms with van der Waals surface area (Å²) in [5.74, 6) is 0.870. The first-order valence-electron chi connectivity index (χ1n) is 8.55. The second-order valence-corrected chi connectivity index (χ2v) is 7.07. The Labute approximate surface area is 169 Å². The molecule has 0 aromatic heterocycles. The van der Waals surface area contributed by atoms with Gasteiger partial charge in [0.15, 0.2) is 0 Å². The molecule has 3 aromatic rings. The smallest absolute Gasteiger partial charge is 0.125 e. The number of nitrogens with zero attached hydrogens (tertiary/aromatic N) is 1. The van der Waals surface area contributed by atoms with Crippen molar-refractivity contribution in [3.63, 3.8) is 0 Å². The van der Waals surface area contributed by atoms with E-state index < -0.39 is 0 Å². The van der Waals surface area contributed by atoms with Crippen LogP contribution in [0.2, 0.25) is 10.0 Å². The van der Waals surface area contributed by atoms with E-state index in [2.05, 4.69) is 10.5 Å². The molecule has 0 bridgehead atoms. The van der Waals surface area contributed by atoms with Gasteiger partial charge >= 0.3 is 0 Å². The highest BCUT2D eigenvalue weighted by Gasteiger charge is 2.07. The Balaban J connectivity index is 1.68. The van der Waals surface area contributed by atoms with E-state index in [1.165, 1.54) is 0 Å². The van der Waals surface area contributed by atoms with Crippen LogP contribution in [0.15, 0.2) is 65.8 Å². The summed E-state index contributed by atoms with van der Waals surface area (Å²) >= 11 is 12.0. The third-order valence-electron chi connectivity index (χ3n) is 4.03. The number of hydrogen-bond acceptors (Lipinski definition) is 3. The first-order chi connectivity index (χ1) is 13.0. The van der Waals surface area contributed by atoms with E-state index in [4.69, 9.17) is 27.9 Å². The van der Waals surface area contributed by atoms with E-state index in [0.717, 1.165) is 33.7 Å². The zero-order valence-electron chi connectivity index (χ0n) is 15.2. The largest absolute Gasteiger partial charge is 0.488 e. The van der Waals surface area contributed by atoms with E-state index in [1.54, 1.807) is 12.3 Å². The van der Waals surface area contributed by atoms with E-state index in [-0.39, 0.29) is 0 Å². The topological polar surface area (TPSA) is 33.6 Å². The number of hydrogen-bond donors (Lipinski definition) is 1. The van der Waals surface area contributed by atoms with Gasteiger partial charge in [0.25, 0.3) is 0 Å². The van der Waals surface area contributed by atoms with Gasteiger partial charge in [0, 0.05) is 0 Å². The number of hydrazone groups is 1. The SMILES string of the molecule is Cc1cc(/C=N/Nc2ccccc2)cc(C)c1OCc1ccc(Cl)c(Cl)c1. The van der Waals surface area contributed by atoms with Crippen LogP contribution in [0, 0.1) is 13.8 Å². The van der Waals surface area contributed by atoms with Gasteiger partial charge in [-0.1, -0.05) is 47.5 Å². The average Bonchev–Trinajstić information content (AvgIpc) is 2.65. The molecule has 3 aromatic carbocycles. The van der Waals surface area contributed by atoms with Crippen molar-refractivity contribution in [1.29, 1.82) is 0 Å². The molecule has 0 aliphatic carbocycles. The number of aryl methyl sites for hydroxylation is 2. The lowest BCUT2D eigenvalue weighted by Gasteiger charge is -2.13. The molecule has 0 saturated carbocycles. The molecule has 5 heteroatoms. The number of para-hydroxylation sites is 1. The van der Waals surface area contributed by atoms with Gasteiger partial charge < -0.3 is 4.74 Å².